The van der Waals surface area contributed by atoms with Gasteiger partial charge in [0.05, 0.1) is 0 Å². The van der Waals surface area contributed by atoms with E-state index >= 15 is 0 Å². The Morgan fingerprint density at radius 1 is 1.18 bits per heavy atom. The van der Waals surface area contributed by atoms with E-state index in [0.29, 0.717) is 5.04 Å². The zero-order chi connectivity index (χ0) is 15.3. The Morgan fingerprint density at radius 3 is 2.77 bits per heavy atom. The van der Waals surface area contributed by atoms with Crippen molar-refractivity contribution in [2.24, 2.45) is 5.92 Å². The van der Waals surface area contributed by atoms with Crippen molar-refractivity contribution in [3.63, 3.8) is 0 Å². The van der Waals surface area contributed by atoms with E-state index in [4.69, 9.17) is 0 Å². The molecule has 1 heteroatoms. The maximum absolute atomic E-state index is 2.60. The molecule has 3 aliphatic carbocycles. The molecular weight excluding hydrogens is 280 g/mol. The molecule has 2 atom stereocenters. The second-order valence-electron chi connectivity index (χ2n) is 7.78. The van der Waals surface area contributed by atoms with E-state index in [-0.39, 0.29) is 9.52 Å². The maximum atomic E-state index is 2.60. The topological polar surface area (TPSA) is 0 Å². The van der Waals surface area contributed by atoms with Crippen molar-refractivity contribution in [2.75, 3.05) is 0 Å². The van der Waals surface area contributed by atoms with E-state index in [1.165, 1.54) is 57.8 Å². The standard InChI is InChI=1S/C21H32Si/c1-2-9-18-12-13-20(16-18)22-21(14-7-4-8-15-21)17-19-10-5-3-6-11-19/h4,7-8,12-14,16,19-20H,2-3,5-6,9-11,15,17,22H2,1H3. The number of hydrogen-bond acceptors (Lipinski definition) is 0. The molecule has 1 saturated carbocycles. The SMILES string of the molecule is CCCC1=CC([SiH2]C2(CC3CCCCC3)C=CC=CC2)C=C1. The van der Waals surface area contributed by atoms with Crippen molar-refractivity contribution in [3.05, 3.63) is 48.1 Å². The first-order chi connectivity index (χ1) is 10.8. The van der Waals surface area contributed by atoms with Gasteiger partial charge in [-0.05, 0) is 35.8 Å². The summed E-state index contributed by atoms with van der Waals surface area (Å²) in [5.41, 5.74) is 2.41. The van der Waals surface area contributed by atoms with Gasteiger partial charge in [0.25, 0.3) is 0 Å². The lowest BCUT2D eigenvalue weighted by Gasteiger charge is -2.37. The third-order valence-corrected chi connectivity index (χ3v) is 8.41. The van der Waals surface area contributed by atoms with Gasteiger partial charge in [0.1, 0.15) is 0 Å². The van der Waals surface area contributed by atoms with Crippen LogP contribution in [-0.4, -0.2) is 9.52 Å². The highest BCUT2D eigenvalue weighted by molar-refractivity contribution is 6.44. The van der Waals surface area contributed by atoms with E-state index in [1.54, 1.807) is 5.57 Å². The summed E-state index contributed by atoms with van der Waals surface area (Å²) in [5, 5.41) is 0.559. The molecule has 0 heterocycles. The fourth-order valence-corrected chi connectivity index (χ4v) is 7.56. The quantitative estimate of drug-likeness (QED) is 0.537. The van der Waals surface area contributed by atoms with Gasteiger partial charge in [-0.25, -0.2) is 0 Å². The summed E-state index contributed by atoms with van der Waals surface area (Å²) >= 11 is 0. The number of allylic oxidation sites excluding steroid dienone is 8. The Balaban J connectivity index is 1.66. The highest BCUT2D eigenvalue weighted by atomic mass is 28.2. The van der Waals surface area contributed by atoms with Crippen LogP contribution < -0.4 is 0 Å². The molecular formula is C21H32Si. The lowest BCUT2D eigenvalue weighted by molar-refractivity contribution is 0.313. The van der Waals surface area contributed by atoms with Crippen LogP contribution >= 0.6 is 0 Å². The van der Waals surface area contributed by atoms with Gasteiger partial charge in [-0.2, -0.15) is 0 Å². The van der Waals surface area contributed by atoms with Gasteiger partial charge in [-0.15, -0.1) is 0 Å². The molecule has 22 heavy (non-hydrogen) atoms. The van der Waals surface area contributed by atoms with Crippen LogP contribution in [0.15, 0.2) is 48.1 Å². The van der Waals surface area contributed by atoms with E-state index in [1.807, 2.05) is 0 Å². The Bertz CT molecular complexity index is 476. The first-order valence-corrected chi connectivity index (χ1v) is 11.1. The van der Waals surface area contributed by atoms with Crippen molar-refractivity contribution >= 4 is 9.52 Å². The third kappa shape index (κ3) is 4.13. The van der Waals surface area contributed by atoms with Crippen LogP contribution in [-0.2, 0) is 0 Å². The molecule has 3 rings (SSSR count). The van der Waals surface area contributed by atoms with Crippen molar-refractivity contribution in [1.29, 1.82) is 0 Å². The Kier molecular flexibility index (Phi) is 5.57. The molecule has 120 valence electrons. The van der Waals surface area contributed by atoms with Crippen molar-refractivity contribution in [1.82, 2.24) is 0 Å². The normalized spacial score (nSPS) is 32.2. The van der Waals surface area contributed by atoms with Crippen LogP contribution in [0.5, 0.6) is 0 Å². The minimum absolute atomic E-state index is 0.160. The van der Waals surface area contributed by atoms with Crippen LogP contribution in [0.4, 0.5) is 0 Å². The molecule has 0 aromatic rings. The molecule has 0 amide bonds. The van der Waals surface area contributed by atoms with E-state index in [2.05, 4.69) is 49.5 Å². The molecule has 0 radical (unpaired) electrons. The van der Waals surface area contributed by atoms with Crippen molar-refractivity contribution < 1.29 is 0 Å². The first kappa shape index (κ1) is 16.0. The summed E-state index contributed by atoms with van der Waals surface area (Å²) in [5.74, 6) is 1.00. The predicted molar refractivity (Wildman–Crippen MR) is 101 cm³/mol. The second kappa shape index (κ2) is 7.63. The zero-order valence-electron chi connectivity index (χ0n) is 14.3. The number of hydrogen-bond donors (Lipinski definition) is 0. The summed E-state index contributed by atoms with van der Waals surface area (Å²) < 4.78 is 0. The van der Waals surface area contributed by atoms with E-state index in [9.17, 15) is 0 Å². The summed E-state index contributed by atoms with van der Waals surface area (Å²) in [7, 11) is -0.160. The largest absolute Gasteiger partial charge is 0.0840 e. The molecule has 0 aromatic carbocycles. The Hall–Kier alpha value is -0.823. The molecule has 2 unspecified atom stereocenters. The van der Waals surface area contributed by atoms with Crippen LogP contribution in [0.25, 0.3) is 0 Å². The molecule has 0 saturated heterocycles. The zero-order valence-corrected chi connectivity index (χ0v) is 15.7. The molecule has 3 aliphatic rings. The fourth-order valence-electron chi connectivity index (χ4n) is 4.75. The van der Waals surface area contributed by atoms with Gasteiger partial charge >= 0.3 is 0 Å². The molecule has 0 aliphatic heterocycles. The van der Waals surface area contributed by atoms with Gasteiger partial charge < -0.3 is 0 Å². The molecule has 0 spiro atoms. The van der Waals surface area contributed by atoms with Gasteiger partial charge in [0, 0.05) is 9.52 Å². The molecule has 0 aromatic heterocycles. The van der Waals surface area contributed by atoms with Gasteiger partial charge in [-0.3, -0.25) is 0 Å². The van der Waals surface area contributed by atoms with E-state index < -0.39 is 0 Å². The second-order valence-corrected chi connectivity index (χ2v) is 10.5. The molecule has 0 bridgehead atoms. The average Bonchev–Trinajstić information content (AvgIpc) is 2.96. The first-order valence-electron chi connectivity index (χ1n) is 9.53. The van der Waals surface area contributed by atoms with Crippen LogP contribution in [0.1, 0.15) is 64.7 Å². The molecule has 1 fully saturated rings. The average molecular weight is 313 g/mol. The monoisotopic (exact) mass is 312 g/mol. The Labute approximate surface area is 139 Å². The lowest BCUT2D eigenvalue weighted by atomic mass is 9.80. The van der Waals surface area contributed by atoms with Crippen LogP contribution in [0, 0.1) is 5.92 Å². The van der Waals surface area contributed by atoms with Crippen LogP contribution in [0.3, 0.4) is 0 Å². The Morgan fingerprint density at radius 2 is 2.05 bits per heavy atom. The smallest absolute Gasteiger partial charge is 0.0447 e. The summed E-state index contributed by atoms with van der Waals surface area (Å²) in [6.07, 6.45) is 29.9. The summed E-state index contributed by atoms with van der Waals surface area (Å²) in [6.45, 7) is 2.29. The van der Waals surface area contributed by atoms with Crippen molar-refractivity contribution in [2.45, 2.75) is 75.3 Å². The maximum Gasteiger partial charge on any atom is 0.0447 e. The summed E-state index contributed by atoms with van der Waals surface area (Å²) in [4.78, 5) is 0. The fraction of sp³-hybridized carbons (Fsp3) is 0.619. The van der Waals surface area contributed by atoms with Gasteiger partial charge in [-0.1, -0.05) is 93.6 Å². The minimum atomic E-state index is -0.160. The molecule has 0 N–H and O–H groups in total. The predicted octanol–water partition coefficient (Wildman–Crippen LogP) is 5.89. The van der Waals surface area contributed by atoms with Crippen LogP contribution in [0.2, 0.25) is 10.6 Å². The van der Waals surface area contributed by atoms with Crippen molar-refractivity contribution in [3.8, 4) is 0 Å². The minimum Gasteiger partial charge on any atom is -0.0840 e. The van der Waals surface area contributed by atoms with Gasteiger partial charge in [0.2, 0.25) is 0 Å². The number of rotatable bonds is 6. The highest BCUT2D eigenvalue weighted by Gasteiger charge is 2.33. The molecule has 0 nitrogen and oxygen atoms in total. The third-order valence-electron chi connectivity index (χ3n) is 5.81. The summed E-state index contributed by atoms with van der Waals surface area (Å²) in [6, 6.07) is 0. The van der Waals surface area contributed by atoms with Gasteiger partial charge in [0.15, 0.2) is 0 Å². The highest BCUT2D eigenvalue weighted by Crippen LogP contribution is 2.47. The van der Waals surface area contributed by atoms with E-state index in [0.717, 1.165) is 11.5 Å². The lowest BCUT2D eigenvalue weighted by Crippen LogP contribution is -2.25.